The van der Waals surface area contributed by atoms with E-state index in [1.165, 1.54) is 113 Å². The van der Waals surface area contributed by atoms with Crippen LogP contribution in [0.2, 0.25) is 0 Å². The molecule has 11 amide bonds. The van der Waals surface area contributed by atoms with E-state index >= 15 is 33.6 Å². The molecule has 0 radical (unpaired) electrons. The molecule has 1 saturated heterocycles. The van der Waals surface area contributed by atoms with Crippen LogP contribution in [0.1, 0.15) is 183 Å². The van der Waals surface area contributed by atoms with Crippen LogP contribution in [-0.2, 0) is 52.7 Å². The summed E-state index contributed by atoms with van der Waals surface area (Å²) < 4.78 is 0. The summed E-state index contributed by atoms with van der Waals surface area (Å²) in [4.78, 5) is 173. The SMILES string of the molecule is CC=CC[C@@H](C)[C@@H](O)[C@H]1C(=O)N[C@@H](CC)C(=O)N(C)[C@H](CSCCCCNCC(C)C)C(=O)N(C)[C@@H](CC(C)(C)O)C(=O)N[C@@H](C(C)C)C(=O)N(C)[C@@H](CC(C)C)C(=O)N[C@@H](C)C(=O)N[C@H](C)C(=O)N(C)[C@@H](CC(C)C)C(=O)N(C)[C@@H](CC(C)C)C(=O)N(C)[C@@H](C(C)C)C(=O)N1C. The van der Waals surface area contributed by atoms with Gasteiger partial charge in [-0.05, 0) is 140 Å². The highest BCUT2D eigenvalue weighted by atomic mass is 32.2. The number of aliphatic hydroxyl groups is 2. The lowest BCUT2D eigenvalue weighted by atomic mass is 9.91. The number of hydrogen-bond acceptors (Lipinski definition) is 15. The molecule has 25 nitrogen and oxygen atoms in total. The Bertz CT molecular complexity index is 2620. The molecule has 1 fully saturated rings. The largest absolute Gasteiger partial charge is 0.390 e. The summed E-state index contributed by atoms with van der Waals surface area (Å²) in [5.41, 5.74) is -1.58. The van der Waals surface area contributed by atoms with Crippen molar-refractivity contribution in [1.82, 2.24) is 60.9 Å². The summed E-state index contributed by atoms with van der Waals surface area (Å²) in [7, 11) is 9.91. The number of likely N-dealkylation sites (N-methyl/N-ethyl adjacent to an activating group) is 7. The van der Waals surface area contributed by atoms with E-state index < -0.39 is 161 Å². The Morgan fingerprint density at radius 3 is 1.44 bits per heavy atom. The fourth-order valence-electron chi connectivity index (χ4n) is 12.0. The summed E-state index contributed by atoms with van der Waals surface area (Å²) in [6.07, 6.45) is 3.96. The number of nitrogens with one attached hydrogen (secondary N) is 5. The molecule has 0 unspecified atom stereocenters. The monoisotopic (exact) mass is 1390 g/mol. The molecule has 0 aromatic heterocycles. The first-order valence-electron chi connectivity index (χ1n) is 35.2. The lowest BCUT2D eigenvalue weighted by molar-refractivity contribution is -0.157. The second kappa shape index (κ2) is 41.6. The van der Waals surface area contributed by atoms with Crippen LogP contribution in [0.5, 0.6) is 0 Å². The maximum atomic E-state index is 15.4. The van der Waals surface area contributed by atoms with Crippen molar-refractivity contribution in [3.63, 3.8) is 0 Å². The van der Waals surface area contributed by atoms with Gasteiger partial charge in [0.15, 0.2) is 0 Å². The van der Waals surface area contributed by atoms with Crippen molar-refractivity contribution in [2.45, 2.75) is 261 Å². The van der Waals surface area contributed by atoms with Gasteiger partial charge < -0.3 is 71.1 Å². The molecule has 1 aliphatic heterocycles. The molecule has 1 aliphatic rings. The summed E-state index contributed by atoms with van der Waals surface area (Å²) in [5.74, 6) is -9.17. The second-order valence-corrected chi connectivity index (χ2v) is 31.2. The third-order valence-corrected chi connectivity index (χ3v) is 19.2. The van der Waals surface area contributed by atoms with Crippen molar-refractivity contribution in [1.29, 1.82) is 0 Å². The molecule has 1 rings (SSSR count). The van der Waals surface area contributed by atoms with Crippen LogP contribution in [0, 0.1) is 41.4 Å². The van der Waals surface area contributed by atoms with E-state index in [9.17, 15) is 29.4 Å². The highest BCUT2D eigenvalue weighted by Crippen LogP contribution is 2.27. The normalized spacial score (nSPS) is 26.0. The minimum atomic E-state index is -1.66. The maximum absolute atomic E-state index is 15.4. The van der Waals surface area contributed by atoms with Crippen molar-refractivity contribution in [2.24, 2.45) is 41.4 Å². The van der Waals surface area contributed by atoms with Crippen LogP contribution < -0.4 is 26.6 Å². The Morgan fingerprint density at radius 2 is 0.959 bits per heavy atom. The van der Waals surface area contributed by atoms with E-state index in [4.69, 9.17) is 0 Å². The Labute approximate surface area is 586 Å². The molecular weight excluding hydrogens is 1260 g/mol. The smallest absolute Gasteiger partial charge is 0.246 e. The van der Waals surface area contributed by atoms with Gasteiger partial charge in [0.05, 0.1) is 11.7 Å². The zero-order valence-electron chi connectivity index (χ0n) is 64.0. The van der Waals surface area contributed by atoms with Gasteiger partial charge in [-0.3, -0.25) is 52.7 Å². The van der Waals surface area contributed by atoms with E-state index in [1.807, 2.05) is 47.6 Å². The molecule has 0 aromatic carbocycles. The third-order valence-electron chi connectivity index (χ3n) is 18.1. The minimum absolute atomic E-state index is 0.0242. The molecular formula is C71H130N12O13S. The molecule has 7 N–H and O–H groups in total. The fourth-order valence-corrected chi connectivity index (χ4v) is 13.2. The number of aliphatic hydroxyl groups excluding tert-OH is 1. The zero-order chi connectivity index (χ0) is 75.0. The van der Waals surface area contributed by atoms with Gasteiger partial charge in [-0.15, -0.1) is 0 Å². The van der Waals surface area contributed by atoms with Crippen molar-refractivity contribution < 1.29 is 63.0 Å². The Balaban J connectivity index is 4.55. The summed E-state index contributed by atoms with van der Waals surface area (Å²) in [5, 5.41) is 38.3. The molecule has 0 bridgehead atoms. The first kappa shape index (κ1) is 89.2. The molecule has 0 saturated carbocycles. The molecule has 97 heavy (non-hydrogen) atoms. The number of rotatable bonds is 24. The predicted octanol–water partition coefficient (Wildman–Crippen LogP) is 4.51. The van der Waals surface area contributed by atoms with Crippen LogP contribution in [0.3, 0.4) is 0 Å². The summed E-state index contributed by atoms with van der Waals surface area (Å²) in [6.45, 7) is 34.9. The van der Waals surface area contributed by atoms with Gasteiger partial charge in [-0.1, -0.05) is 109 Å². The van der Waals surface area contributed by atoms with Crippen LogP contribution in [0.4, 0.5) is 0 Å². The van der Waals surface area contributed by atoms with E-state index in [0.29, 0.717) is 11.7 Å². The van der Waals surface area contributed by atoms with Gasteiger partial charge in [0.25, 0.3) is 0 Å². The Kier molecular flexibility index (Phi) is 38.3. The molecule has 13 atom stereocenters. The predicted molar refractivity (Wildman–Crippen MR) is 383 cm³/mol. The standard InChI is InChI=1S/C71H130N12O13S/c1-27-29-32-47(15)59(84)58-63(88)75-50(28-2)65(90)81(24)55(40-97-34-31-30-33-72-39-44(9)10)68(93)80(23)54(38-71(18,19)96)62(87)76-56(45(11)12)69(94)77(20)51(35-41(3)4)61(86)73-48(16)60(85)74-49(17)64(89)78(21)52(36-42(5)6)66(91)79(22)53(37-43(7)8)67(92)82(25)57(46(13)14)70(95)83(58)26/h27,29,41-59,72,84,96H,28,30-40H2,1-26H3,(H,73,86)(H,74,85)(H,75,88)(H,76,87)/t47-,48+,49-,50+,51+,52+,53+,54+,55-,56+,57+,58+,59-/m1/s1. The van der Waals surface area contributed by atoms with Crippen LogP contribution in [0.25, 0.3) is 0 Å². The van der Waals surface area contributed by atoms with Gasteiger partial charge in [0.1, 0.15) is 66.5 Å². The summed E-state index contributed by atoms with van der Waals surface area (Å²) >= 11 is 1.41. The Morgan fingerprint density at radius 1 is 0.505 bits per heavy atom. The number of carbonyl (C=O) groups excluding carboxylic acids is 11. The van der Waals surface area contributed by atoms with Crippen LogP contribution >= 0.6 is 11.8 Å². The molecule has 1 heterocycles. The van der Waals surface area contributed by atoms with E-state index in [2.05, 4.69) is 40.4 Å². The minimum Gasteiger partial charge on any atom is -0.390 e. The quantitative estimate of drug-likeness (QED) is 0.0517. The molecule has 558 valence electrons. The van der Waals surface area contributed by atoms with Gasteiger partial charge in [0, 0.05) is 61.5 Å². The molecule has 0 spiro atoms. The van der Waals surface area contributed by atoms with Crippen LogP contribution in [-0.4, -0.2) is 262 Å². The van der Waals surface area contributed by atoms with Gasteiger partial charge in [0.2, 0.25) is 65.0 Å². The van der Waals surface area contributed by atoms with Gasteiger partial charge >= 0.3 is 0 Å². The van der Waals surface area contributed by atoms with Gasteiger partial charge in [-0.25, -0.2) is 0 Å². The van der Waals surface area contributed by atoms with Crippen LogP contribution in [0.15, 0.2) is 12.2 Å². The van der Waals surface area contributed by atoms with Crippen molar-refractivity contribution in [2.75, 3.05) is 73.9 Å². The van der Waals surface area contributed by atoms with E-state index in [-0.39, 0.29) is 62.0 Å². The number of hydrogen-bond donors (Lipinski definition) is 7. The fraction of sp³-hybridized carbons (Fsp3) is 0.817. The number of amides is 11. The topological polar surface area (TPSA) is 311 Å². The molecule has 0 aliphatic carbocycles. The lowest BCUT2D eigenvalue weighted by Gasteiger charge is -2.41. The highest BCUT2D eigenvalue weighted by molar-refractivity contribution is 7.99. The number of thioether (sulfide) groups is 1. The average molecular weight is 1390 g/mol. The number of carbonyl (C=O) groups is 11. The van der Waals surface area contributed by atoms with Crippen molar-refractivity contribution in [3.05, 3.63) is 12.2 Å². The van der Waals surface area contributed by atoms with Crippen molar-refractivity contribution >= 4 is 76.7 Å². The number of nitrogens with zero attached hydrogens (tertiary/aromatic N) is 7. The van der Waals surface area contributed by atoms with Gasteiger partial charge in [-0.2, -0.15) is 11.8 Å². The maximum Gasteiger partial charge on any atom is 0.246 e. The average Bonchev–Trinajstić information content (AvgIpc) is 0.818. The van der Waals surface area contributed by atoms with E-state index in [1.54, 1.807) is 54.5 Å². The molecule has 26 heteroatoms. The first-order valence-corrected chi connectivity index (χ1v) is 36.4. The highest BCUT2D eigenvalue weighted by Gasteiger charge is 2.47. The zero-order valence-corrected chi connectivity index (χ0v) is 64.9. The third kappa shape index (κ3) is 27.3. The second-order valence-electron chi connectivity index (χ2n) is 30.1. The summed E-state index contributed by atoms with van der Waals surface area (Å²) in [6, 6.07) is -14.4. The van der Waals surface area contributed by atoms with E-state index in [0.717, 1.165) is 35.7 Å². The lowest BCUT2D eigenvalue weighted by Crippen LogP contribution is -2.64. The Hall–Kier alpha value is -5.86. The van der Waals surface area contributed by atoms with Crippen molar-refractivity contribution in [3.8, 4) is 0 Å². The number of unbranched alkanes of at least 4 members (excludes halogenated alkanes) is 1. The number of allylic oxidation sites excluding steroid dienone is 2. The first-order chi connectivity index (χ1) is 44.8. The molecule has 0 aromatic rings.